The Balaban J connectivity index is 1.74. The van der Waals surface area contributed by atoms with Crippen molar-refractivity contribution in [1.82, 2.24) is 4.90 Å². The van der Waals surface area contributed by atoms with Gasteiger partial charge in [-0.3, -0.25) is 0 Å². The summed E-state index contributed by atoms with van der Waals surface area (Å²) in [7, 11) is 1.61. The third-order valence-corrected chi connectivity index (χ3v) is 5.59. The van der Waals surface area contributed by atoms with Gasteiger partial charge in [-0.2, -0.15) is 13.2 Å². The van der Waals surface area contributed by atoms with E-state index < -0.39 is 11.7 Å². The normalized spacial score (nSPS) is 17.2. The van der Waals surface area contributed by atoms with E-state index in [1.165, 1.54) is 6.07 Å². The number of hydrogen-bond acceptors (Lipinski definition) is 3. The van der Waals surface area contributed by atoms with Gasteiger partial charge in [-0.05, 0) is 48.1 Å². The Bertz CT molecular complexity index is 781. The SMILES string of the molecule is COc1ccc([C@H]2SCCN2C(=S)Nc2cccc(C(F)(F)F)c2)cc1. The number of nitrogens with one attached hydrogen (secondary N) is 1. The van der Waals surface area contributed by atoms with E-state index >= 15 is 0 Å². The summed E-state index contributed by atoms with van der Waals surface area (Å²) >= 11 is 7.19. The molecule has 3 nitrogen and oxygen atoms in total. The minimum Gasteiger partial charge on any atom is -0.497 e. The number of nitrogens with zero attached hydrogens (tertiary/aromatic N) is 1. The van der Waals surface area contributed by atoms with E-state index in [9.17, 15) is 13.2 Å². The number of rotatable bonds is 3. The molecule has 0 bridgehead atoms. The Kier molecular flexibility index (Phi) is 5.62. The molecule has 0 aliphatic carbocycles. The highest BCUT2D eigenvalue weighted by molar-refractivity contribution is 7.99. The summed E-state index contributed by atoms with van der Waals surface area (Å²) in [4.78, 5) is 1.99. The average molecular weight is 398 g/mol. The Morgan fingerprint density at radius 1 is 1.23 bits per heavy atom. The quantitative estimate of drug-likeness (QED) is 0.720. The number of thioether (sulfide) groups is 1. The maximum Gasteiger partial charge on any atom is 0.416 e. The second-order valence-electron chi connectivity index (χ2n) is 5.70. The van der Waals surface area contributed by atoms with E-state index in [1.54, 1.807) is 24.9 Å². The number of anilines is 1. The van der Waals surface area contributed by atoms with Crippen molar-refractivity contribution < 1.29 is 17.9 Å². The second kappa shape index (κ2) is 7.75. The van der Waals surface area contributed by atoms with Crippen LogP contribution >= 0.6 is 24.0 Å². The molecular formula is C18H17F3N2OS2. The van der Waals surface area contributed by atoms with Crippen molar-refractivity contribution >= 4 is 34.8 Å². The molecular weight excluding hydrogens is 381 g/mol. The summed E-state index contributed by atoms with van der Waals surface area (Å²) < 4.78 is 43.8. The van der Waals surface area contributed by atoms with Gasteiger partial charge in [0.15, 0.2) is 5.11 Å². The average Bonchev–Trinajstić information content (AvgIpc) is 3.11. The third kappa shape index (κ3) is 4.24. The second-order valence-corrected chi connectivity index (χ2v) is 7.27. The van der Waals surface area contributed by atoms with Crippen LogP contribution in [0.5, 0.6) is 5.75 Å². The van der Waals surface area contributed by atoms with Gasteiger partial charge in [0, 0.05) is 18.0 Å². The first kappa shape index (κ1) is 18.8. The maximum absolute atomic E-state index is 12.9. The van der Waals surface area contributed by atoms with Crippen LogP contribution in [0.4, 0.5) is 18.9 Å². The van der Waals surface area contributed by atoms with Crippen LogP contribution in [0.1, 0.15) is 16.5 Å². The van der Waals surface area contributed by atoms with Gasteiger partial charge in [-0.25, -0.2) is 0 Å². The predicted molar refractivity (Wildman–Crippen MR) is 103 cm³/mol. The van der Waals surface area contributed by atoms with E-state index in [1.807, 2.05) is 29.2 Å². The van der Waals surface area contributed by atoms with Crippen LogP contribution in [0.15, 0.2) is 48.5 Å². The fourth-order valence-corrected chi connectivity index (χ4v) is 4.34. The maximum atomic E-state index is 12.9. The van der Waals surface area contributed by atoms with Crippen LogP contribution in [0.2, 0.25) is 0 Å². The first-order chi connectivity index (χ1) is 12.4. The van der Waals surface area contributed by atoms with Crippen LogP contribution in [0.25, 0.3) is 0 Å². The predicted octanol–water partition coefficient (Wildman–Crippen LogP) is 5.16. The van der Waals surface area contributed by atoms with Crippen LogP contribution in [0.3, 0.4) is 0 Å². The lowest BCUT2D eigenvalue weighted by molar-refractivity contribution is -0.137. The number of hydrogen-bond donors (Lipinski definition) is 1. The summed E-state index contributed by atoms with van der Waals surface area (Å²) in [5.41, 5.74) is 0.699. The molecule has 1 heterocycles. The minimum absolute atomic E-state index is 0.0201. The highest BCUT2D eigenvalue weighted by Crippen LogP contribution is 2.39. The van der Waals surface area contributed by atoms with Crippen molar-refractivity contribution in [2.75, 3.05) is 24.7 Å². The molecule has 1 aliphatic heterocycles. The molecule has 0 saturated carbocycles. The topological polar surface area (TPSA) is 24.5 Å². The van der Waals surface area contributed by atoms with Crippen LogP contribution < -0.4 is 10.1 Å². The lowest BCUT2D eigenvalue weighted by atomic mass is 10.2. The Hall–Kier alpha value is -1.93. The van der Waals surface area contributed by atoms with Crippen molar-refractivity contribution in [2.24, 2.45) is 0 Å². The molecule has 0 radical (unpaired) electrons. The highest BCUT2D eigenvalue weighted by atomic mass is 32.2. The van der Waals surface area contributed by atoms with Gasteiger partial charge in [-0.15, -0.1) is 11.8 Å². The lowest BCUT2D eigenvalue weighted by Gasteiger charge is -2.27. The van der Waals surface area contributed by atoms with Gasteiger partial charge >= 0.3 is 6.18 Å². The molecule has 2 aromatic rings. The molecule has 0 spiro atoms. The van der Waals surface area contributed by atoms with Gasteiger partial charge in [0.25, 0.3) is 0 Å². The van der Waals surface area contributed by atoms with E-state index in [0.29, 0.717) is 10.8 Å². The molecule has 1 atom stereocenters. The summed E-state index contributed by atoms with van der Waals surface area (Å²) in [5.74, 6) is 1.66. The fourth-order valence-electron chi connectivity index (χ4n) is 2.69. The third-order valence-electron chi connectivity index (χ3n) is 3.99. The van der Waals surface area contributed by atoms with Crippen LogP contribution in [0, 0.1) is 0 Å². The summed E-state index contributed by atoms with van der Waals surface area (Å²) in [5, 5.41) is 3.37. The van der Waals surface area contributed by atoms with Gasteiger partial charge in [-0.1, -0.05) is 18.2 Å². The Labute approximate surface area is 159 Å². The molecule has 1 saturated heterocycles. The standard InChI is InChI=1S/C18H17F3N2OS2/c1-24-15-7-5-12(6-8-15)16-23(9-10-26-16)17(25)22-14-4-2-3-13(11-14)18(19,20)21/h2-8,11,16H,9-10H2,1H3,(H,22,25)/t16-/m1/s1. The van der Waals surface area contributed by atoms with Crippen molar-refractivity contribution in [3.05, 3.63) is 59.7 Å². The van der Waals surface area contributed by atoms with E-state index in [2.05, 4.69) is 5.32 Å². The van der Waals surface area contributed by atoms with Crippen molar-refractivity contribution in [1.29, 1.82) is 0 Å². The molecule has 8 heteroatoms. The summed E-state index contributed by atoms with van der Waals surface area (Å²) in [6.45, 7) is 0.728. The smallest absolute Gasteiger partial charge is 0.416 e. The van der Waals surface area contributed by atoms with Gasteiger partial charge < -0.3 is 15.0 Å². The number of methoxy groups -OCH3 is 1. The number of halogens is 3. The van der Waals surface area contributed by atoms with Crippen molar-refractivity contribution in [3.8, 4) is 5.75 Å². The van der Waals surface area contributed by atoms with Gasteiger partial charge in [0.05, 0.1) is 12.7 Å². The Morgan fingerprint density at radius 3 is 2.62 bits per heavy atom. The molecule has 138 valence electrons. The zero-order valence-corrected chi connectivity index (χ0v) is 15.5. The number of thiocarbonyl (C=S) groups is 1. The fraction of sp³-hybridized carbons (Fsp3) is 0.278. The summed E-state index contributed by atoms with van der Waals surface area (Å²) in [6, 6.07) is 12.8. The van der Waals surface area contributed by atoms with E-state index in [4.69, 9.17) is 17.0 Å². The number of benzene rings is 2. The van der Waals surface area contributed by atoms with E-state index in [0.717, 1.165) is 35.7 Å². The lowest BCUT2D eigenvalue weighted by Crippen LogP contribution is -2.34. The minimum atomic E-state index is -4.38. The van der Waals surface area contributed by atoms with Crippen molar-refractivity contribution in [3.63, 3.8) is 0 Å². The number of ether oxygens (including phenoxy) is 1. The molecule has 2 aromatic carbocycles. The van der Waals surface area contributed by atoms with Crippen molar-refractivity contribution in [2.45, 2.75) is 11.6 Å². The molecule has 26 heavy (non-hydrogen) atoms. The molecule has 1 N–H and O–H groups in total. The van der Waals surface area contributed by atoms with Gasteiger partial charge in [0.2, 0.25) is 0 Å². The Morgan fingerprint density at radius 2 is 1.96 bits per heavy atom. The number of alkyl halides is 3. The first-order valence-electron chi connectivity index (χ1n) is 7.89. The molecule has 1 aliphatic rings. The zero-order chi connectivity index (χ0) is 18.7. The first-order valence-corrected chi connectivity index (χ1v) is 9.34. The summed E-state index contributed by atoms with van der Waals surface area (Å²) in [6.07, 6.45) is -4.38. The van der Waals surface area contributed by atoms with Crippen LogP contribution in [-0.4, -0.2) is 29.4 Å². The largest absolute Gasteiger partial charge is 0.497 e. The zero-order valence-electron chi connectivity index (χ0n) is 13.9. The molecule has 1 fully saturated rings. The molecule has 3 rings (SSSR count). The molecule has 0 amide bonds. The molecule has 0 unspecified atom stereocenters. The molecule has 0 aromatic heterocycles. The monoisotopic (exact) mass is 398 g/mol. The van der Waals surface area contributed by atoms with Crippen LogP contribution in [-0.2, 0) is 6.18 Å². The van der Waals surface area contributed by atoms with Gasteiger partial charge in [0.1, 0.15) is 11.1 Å². The van der Waals surface area contributed by atoms with E-state index in [-0.39, 0.29) is 5.37 Å². The highest BCUT2D eigenvalue weighted by Gasteiger charge is 2.31.